The smallest absolute Gasteiger partial charge is 0.549 e. The quantitative estimate of drug-likeness (QED) is 0.664. The predicted octanol–water partition coefficient (Wildman–Crippen LogP) is -1.18. The minimum atomic E-state index is -1.12. The van der Waals surface area contributed by atoms with E-state index in [4.69, 9.17) is 11.6 Å². The number of hydrogen-bond acceptors (Lipinski definition) is 3. The molecule has 0 N–H and O–H groups in total. The summed E-state index contributed by atoms with van der Waals surface area (Å²) in [6, 6.07) is 12.3. The molecule has 0 spiro atoms. The number of carbonyl (C=O) groups is 1. The van der Waals surface area contributed by atoms with E-state index < -0.39 is 11.9 Å². The monoisotopic (exact) mass is 283 g/mol. The van der Waals surface area contributed by atoms with E-state index in [9.17, 15) is 9.90 Å². The maximum atomic E-state index is 11.2. The summed E-state index contributed by atoms with van der Waals surface area (Å²) in [6.07, 6.45) is 1.92. The molecular weight excluding hydrogens is 273 g/mol. The van der Waals surface area contributed by atoms with Crippen LogP contribution >= 0.6 is 11.6 Å². The van der Waals surface area contributed by atoms with Crippen molar-refractivity contribution in [2.45, 2.75) is 12.3 Å². The van der Waals surface area contributed by atoms with Crippen molar-refractivity contribution < 1.29 is 39.5 Å². The largest absolute Gasteiger partial charge is 1.00 e. The maximum Gasteiger partial charge on any atom is 1.00 e. The van der Waals surface area contributed by atoms with E-state index in [0.29, 0.717) is 17.1 Å². The molecule has 5 heteroatoms. The summed E-state index contributed by atoms with van der Waals surface area (Å²) >= 11 is 5.79. The van der Waals surface area contributed by atoms with Gasteiger partial charge in [0.05, 0.1) is 5.97 Å². The van der Waals surface area contributed by atoms with Crippen molar-refractivity contribution in [1.82, 2.24) is 4.98 Å². The number of hydrogen-bond donors (Lipinski definition) is 0. The van der Waals surface area contributed by atoms with Crippen LogP contribution in [-0.4, -0.2) is 11.0 Å². The zero-order valence-corrected chi connectivity index (χ0v) is 13.3. The van der Waals surface area contributed by atoms with Crippen LogP contribution in [0.2, 0.25) is 5.02 Å². The van der Waals surface area contributed by atoms with Crippen molar-refractivity contribution in [2.24, 2.45) is 0 Å². The molecule has 1 heterocycles. The fourth-order valence-corrected chi connectivity index (χ4v) is 1.87. The van der Waals surface area contributed by atoms with Gasteiger partial charge in [-0.2, -0.15) is 0 Å². The molecule has 2 aromatic rings. The molecule has 0 aliphatic rings. The first-order valence-electron chi connectivity index (χ1n) is 5.53. The van der Waals surface area contributed by atoms with Crippen molar-refractivity contribution in [3.8, 4) is 0 Å². The molecule has 19 heavy (non-hydrogen) atoms. The summed E-state index contributed by atoms with van der Waals surface area (Å²) in [4.78, 5) is 15.3. The minimum Gasteiger partial charge on any atom is -0.549 e. The van der Waals surface area contributed by atoms with Crippen LogP contribution in [0.3, 0.4) is 0 Å². The molecule has 0 saturated heterocycles. The third-order valence-corrected chi connectivity index (χ3v) is 2.93. The number of nitrogens with zero attached hydrogens (tertiary/aromatic N) is 1. The van der Waals surface area contributed by atoms with Gasteiger partial charge in [0.25, 0.3) is 0 Å². The van der Waals surface area contributed by atoms with Gasteiger partial charge in [-0.1, -0.05) is 29.8 Å². The molecule has 92 valence electrons. The van der Waals surface area contributed by atoms with Crippen LogP contribution < -0.4 is 34.7 Å². The number of rotatable bonds is 4. The van der Waals surface area contributed by atoms with E-state index in [1.165, 1.54) is 0 Å². The van der Waals surface area contributed by atoms with E-state index in [1.54, 1.807) is 48.7 Å². The van der Waals surface area contributed by atoms with Gasteiger partial charge in [0, 0.05) is 22.8 Å². The SMILES string of the molecule is O=C([O-])C(Cc1ccc(Cl)cc1)c1ccccn1.[Na+]. The number of aliphatic carboxylic acids is 1. The second-order valence-corrected chi connectivity index (χ2v) is 4.39. The zero-order valence-electron chi connectivity index (χ0n) is 10.5. The van der Waals surface area contributed by atoms with Crippen molar-refractivity contribution >= 4 is 17.6 Å². The predicted molar refractivity (Wildman–Crippen MR) is 67.1 cm³/mol. The van der Waals surface area contributed by atoms with Gasteiger partial charge in [-0.3, -0.25) is 4.98 Å². The molecule has 1 aromatic carbocycles. The Hall–Kier alpha value is -0.870. The Morgan fingerprint density at radius 1 is 1.21 bits per heavy atom. The summed E-state index contributed by atoms with van der Waals surface area (Å²) in [7, 11) is 0. The Labute approximate surface area is 138 Å². The van der Waals surface area contributed by atoms with E-state index in [1.807, 2.05) is 0 Å². The molecule has 0 aliphatic heterocycles. The summed E-state index contributed by atoms with van der Waals surface area (Å²) in [5.41, 5.74) is 1.40. The van der Waals surface area contributed by atoms with Crippen LogP contribution in [0.25, 0.3) is 0 Å². The maximum absolute atomic E-state index is 11.2. The van der Waals surface area contributed by atoms with Crippen molar-refractivity contribution in [3.05, 3.63) is 64.9 Å². The molecule has 0 radical (unpaired) electrons. The van der Waals surface area contributed by atoms with Crippen LogP contribution in [0, 0.1) is 0 Å². The molecular formula is C14H11ClNNaO2. The van der Waals surface area contributed by atoms with Gasteiger partial charge in [-0.05, 0) is 36.2 Å². The Bertz CT molecular complexity index is 531. The van der Waals surface area contributed by atoms with Gasteiger partial charge >= 0.3 is 29.6 Å². The number of carboxylic acids is 1. The number of pyridine rings is 1. The normalized spacial score (nSPS) is 11.4. The molecule has 3 nitrogen and oxygen atoms in total. The molecule has 1 atom stereocenters. The molecule has 1 aromatic heterocycles. The Balaban J connectivity index is 0.00000180. The van der Waals surface area contributed by atoms with Gasteiger partial charge in [-0.15, -0.1) is 0 Å². The van der Waals surface area contributed by atoms with Gasteiger partial charge in [0.1, 0.15) is 0 Å². The Morgan fingerprint density at radius 2 is 1.89 bits per heavy atom. The van der Waals surface area contributed by atoms with Gasteiger partial charge in [0.2, 0.25) is 0 Å². The summed E-state index contributed by atoms with van der Waals surface area (Å²) in [5.74, 6) is -1.86. The van der Waals surface area contributed by atoms with Gasteiger partial charge in [-0.25, -0.2) is 0 Å². The fraction of sp³-hybridized carbons (Fsp3) is 0.143. The second-order valence-electron chi connectivity index (χ2n) is 3.96. The standard InChI is InChI=1S/C14H12ClNO2.Na/c15-11-6-4-10(5-7-11)9-12(14(17)18)13-3-1-2-8-16-13;/h1-8,12H,9H2,(H,17,18);/q;+1/p-1. The Kier molecular flexibility index (Phi) is 6.52. The summed E-state index contributed by atoms with van der Waals surface area (Å²) in [5, 5.41) is 11.8. The minimum absolute atomic E-state index is 0. The van der Waals surface area contributed by atoms with Crippen LogP contribution in [0.1, 0.15) is 17.2 Å². The second kappa shape index (κ2) is 7.65. The Morgan fingerprint density at radius 3 is 2.42 bits per heavy atom. The average molecular weight is 284 g/mol. The fourth-order valence-electron chi connectivity index (χ4n) is 1.75. The number of benzene rings is 1. The van der Waals surface area contributed by atoms with Gasteiger partial charge in [0.15, 0.2) is 0 Å². The first kappa shape index (κ1) is 16.2. The molecule has 0 fully saturated rings. The molecule has 0 amide bonds. The first-order chi connectivity index (χ1) is 8.66. The van der Waals surface area contributed by atoms with Crippen molar-refractivity contribution in [1.29, 1.82) is 0 Å². The topological polar surface area (TPSA) is 53.0 Å². The van der Waals surface area contributed by atoms with Crippen LogP contribution in [0.5, 0.6) is 0 Å². The van der Waals surface area contributed by atoms with Crippen molar-refractivity contribution in [2.75, 3.05) is 0 Å². The summed E-state index contributed by atoms with van der Waals surface area (Å²) < 4.78 is 0. The van der Waals surface area contributed by atoms with Crippen LogP contribution in [0.4, 0.5) is 0 Å². The molecule has 1 unspecified atom stereocenters. The van der Waals surface area contributed by atoms with Crippen LogP contribution in [-0.2, 0) is 11.2 Å². The number of carboxylic acid groups (broad SMARTS) is 1. The average Bonchev–Trinajstić information content (AvgIpc) is 2.38. The number of aromatic nitrogens is 1. The molecule has 0 aliphatic carbocycles. The zero-order chi connectivity index (χ0) is 13.0. The number of halogens is 1. The molecule has 0 saturated carbocycles. The van der Waals surface area contributed by atoms with E-state index in [2.05, 4.69) is 4.98 Å². The van der Waals surface area contributed by atoms with Crippen LogP contribution in [0.15, 0.2) is 48.7 Å². The number of carbonyl (C=O) groups excluding carboxylic acids is 1. The van der Waals surface area contributed by atoms with E-state index >= 15 is 0 Å². The first-order valence-corrected chi connectivity index (χ1v) is 5.91. The summed E-state index contributed by atoms with van der Waals surface area (Å²) in [6.45, 7) is 0. The van der Waals surface area contributed by atoms with E-state index in [0.717, 1.165) is 5.56 Å². The molecule has 0 bridgehead atoms. The van der Waals surface area contributed by atoms with E-state index in [-0.39, 0.29) is 29.6 Å². The van der Waals surface area contributed by atoms with Gasteiger partial charge < -0.3 is 9.90 Å². The third kappa shape index (κ3) is 4.62. The van der Waals surface area contributed by atoms with Crippen molar-refractivity contribution in [3.63, 3.8) is 0 Å². The third-order valence-electron chi connectivity index (χ3n) is 2.68. The molecule has 2 rings (SSSR count).